The van der Waals surface area contributed by atoms with Gasteiger partial charge >= 0.3 is 0 Å². The lowest BCUT2D eigenvalue weighted by Crippen LogP contribution is -2.09. The van der Waals surface area contributed by atoms with Crippen molar-refractivity contribution in [2.24, 2.45) is 0 Å². The summed E-state index contributed by atoms with van der Waals surface area (Å²) in [5.41, 5.74) is 3.13. The first-order chi connectivity index (χ1) is 11.3. The third-order valence-corrected chi connectivity index (χ3v) is 5.58. The van der Waals surface area contributed by atoms with Crippen molar-refractivity contribution in [3.8, 4) is 11.4 Å². The molecule has 3 aromatic rings. The first-order valence-electron chi connectivity index (χ1n) is 7.53. The Labute approximate surface area is 139 Å². The average Bonchev–Trinajstić information content (AvgIpc) is 3.05. The molecule has 1 aliphatic heterocycles. The number of fused-ring (bicyclic) bond motifs is 3. The molecule has 116 valence electrons. The predicted octanol–water partition coefficient (Wildman–Crippen LogP) is 4.37. The Hall–Kier alpha value is -2.17. The molecule has 0 amide bonds. The van der Waals surface area contributed by atoms with Gasteiger partial charge in [-0.25, -0.2) is 0 Å². The molecular formula is C19H17NO2S. The molecule has 0 unspecified atom stereocenters. The maximum Gasteiger partial charge on any atom is 0.118 e. The van der Waals surface area contributed by atoms with Crippen molar-refractivity contribution in [3.63, 3.8) is 0 Å². The molecule has 2 atom stereocenters. The number of thioether (sulfide) groups is 1. The summed E-state index contributed by atoms with van der Waals surface area (Å²) in [6, 6.07) is 20.2. The van der Waals surface area contributed by atoms with E-state index in [9.17, 15) is 5.11 Å². The van der Waals surface area contributed by atoms with Crippen LogP contribution in [-0.4, -0.2) is 16.8 Å². The molecule has 3 nitrogen and oxygen atoms in total. The van der Waals surface area contributed by atoms with E-state index < -0.39 is 6.10 Å². The Morgan fingerprint density at radius 3 is 2.57 bits per heavy atom. The van der Waals surface area contributed by atoms with E-state index in [2.05, 4.69) is 16.7 Å². The van der Waals surface area contributed by atoms with E-state index >= 15 is 0 Å². The van der Waals surface area contributed by atoms with E-state index in [4.69, 9.17) is 4.74 Å². The van der Waals surface area contributed by atoms with Gasteiger partial charge in [-0.05, 0) is 42.0 Å². The van der Waals surface area contributed by atoms with Crippen LogP contribution in [0.15, 0.2) is 71.8 Å². The molecule has 23 heavy (non-hydrogen) atoms. The van der Waals surface area contributed by atoms with Crippen LogP contribution in [0.4, 0.5) is 0 Å². The number of hydrogen-bond acceptors (Lipinski definition) is 3. The summed E-state index contributed by atoms with van der Waals surface area (Å²) in [5, 5.41) is 10.9. The molecule has 2 aromatic carbocycles. The van der Waals surface area contributed by atoms with Gasteiger partial charge in [0, 0.05) is 11.1 Å². The monoisotopic (exact) mass is 323 g/mol. The first-order valence-corrected chi connectivity index (χ1v) is 8.41. The number of aliphatic hydroxyl groups excluding tert-OH is 1. The lowest BCUT2D eigenvalue weighted by Gasteiger charge is -2.21. The van der Waals surface area contributed by atoms with Crippen molar-refractivity contribution in [3.05, 3.63) is 78.1 Å². The fourth-order valence-corrected chi connectivity index (χ4v) is 4.29. The first kappa shape index (κ1) is 14.4. The maximum atomic E-state index is 11.0. The smallest absolute Gasteiger partial charge is 0.118 e. The second-order valence-corrected chi connectivity index (χ2v) is 6.71. The third kappa shape index (κ3) is 2.44. The highest BCUT2D eigenvalue weighted by Gasteiger charge is 2.30. The highest BCUT2D eigenvalue weighted by atomic mass is 32.2. The fraction of sp³-hybridized carbons (Fsp3) is 0.158. The van der Waals surface area contributed by atoms with Crippen LogP contribution in [-0.2, 0) is 0 Å². The molecule has 0 radical (unpaired) electrons. The molecule has 2 heterocycles. The summed E-state index contributed by atoms with van der Waals surface area (Å²) in [6.45, 7) is 0. The van der Waals surface area contributed by atoms with Crippen LogP contribution in [0.5, 0.6) is 5.75 Å². The van der Waals surface area contributed by atoms with Crippen molar-refractivity contribution in [1.29, 1.82) is 0 Å². The Kier molecular flexibility index (Phi) is 3.63. The summed E-state index contributed by atoms with van der Waals surface area (Å²) < 4.78 is 7.31. The zero-order chi connectivity index (χ0) is 15.8. The van der Waals surface area contributed by atoms with Crippen molar-refractivity contribution >= 4 is 11.8 Å². The Balaban J connectivity index is 1.83. The molecule has 1 aromatic heterocycles. The number of nitrogens with zero attached hydrogens (tertiary/aromatic N) is 1. The van der Waals surface area contributed by atoms with Crippen LogP contribution in [0.1, 0.15) is 22.6 Å². The van der Waals surface area contributed by atoms with Crippen molar-refractivity contribution in [2.45, 2.75) is 16.2 Å². The normalized spacial score (nSPS) is 19.6. The van der Waals surface area contributed by atoms with E-state index in [1.54, 1.807) is 18.9 Å². The van der Waals surface area contributed by atoms with Gasteiger partial charge in [-0.2, -0.15) is 0 Å². The zero-order valence-corrected chi connectivity index (χ0v) is 13.5. The van der Waals surface area contributed by atoms with Crippen LogP contribution in [0.3, 0.4) is 0 Å². The van der Waals surface area contributed by atoms with Gasteiger partial charge in [-0.15, -0.1) is 11.8 Å². The highest BCUT2D eigenvalue weighted by molar-refractivity contribution is 7.99. The van der Waals surface area contributed by atoms with Gasteiger partial charge in [0.2, 0.25) is 0 Å². The molecule has 0 spiro atoms. The third-order valence-electron chi connectivity index (χ3n) is 4.19. The van der Waals surface area contributed by atoms with E-state index in [0.29, 0.717) is 0 Å². The minimum atomic E-state index is -0.573. The second-order valence-electron chi connectivity index (χ2n) is 5.53. The SMILES string of the molecule is COc1ccc([C@H]2Sc3ccccc3-n3cccc3[C@H]2O)cc1. The Morgan fingerprint density at radius 2 is 1.78 bits per heavy atom. The molecule has 0 aliphatic carbocycles. The zero-order valence-electron chi connectivity index (χ0n) is 12.7. The maximum absolute atomic E-state index is 11.0. The molecule has 0 fully saturated rings. The minimum Gasteiger partial charge on any atom is -0.497 e. The number of ether oxygens (including phenoxy) is 1. The Bertz CT molecular complexity index is 825. The van der Waals surface area contributed by atoms with Gasteiger partial charge in [0.05, 0.1) is 23.7 Å². The number of rotatable bonds is 2. The highest BCUT2D eigenvalue weighted by Crippen LogP contribution is 2.49. The fourth-order valence-electron chi connectivity index (χ4n) is 3.01. The van der Waals surface area contributed by atoms with Crippen molar-refractivity contribution in [2.75, 3.05) is 7.11 Å². The van der Waals surface area contributed by atoms with Gasteiger partial charge in [-0.1, -0.05) is 24.3 Å². The molecule has 4 rings (SSSR count). The molecule has 4 heteroatoms. The van der Waals surface area contributed by atoms with Gasteiger partial charge in [0.1, 0.15) is 11.9 Å². The largest absolute Gasteiger partial charge is 0.497 e. The number of aliphatic hydroxyl groups is 1. The van der Waals surface area contributed by atoms with E-state index in [-0.39, 0.29) is 5.25 Å². The van der Waals surface area contributed by atoms with Gasteiger partial charge in [0.15, 0.2) is 0 Å². The van der Waals surface area contributed by atoms with Crippen LogP contribution >= 0.6 is 11.8 Å². The number of para-hydroxylation sites is 1. The topological polar surface area (TPSA) is 34.4 Å². The number of methoxy groups -OCH3 is 1. The Morgan fingerprint density at radius 1 is 1.00 bits per heavy atom. The summed E-state index contributed by atoms with van der Waals surface area (Å²) >= 11 is 1.70. The van der Waals surface area contributed by atoms with E-state index in [0.717, 1.165) is 22.7 Å². The lowest BCUT2D eigenvalue weighted by molar-refractivity contribution is 0.169. The lowest BCUT2D eigenvalue weighted by atomic mass is 10.0. The van der Waals surface area contributed by atoms with Crippen LogP contribution in [0.2, 0.25) is 0 Å². The predicted molar refractivity (Wildman–Crippen MR) is 92.3 cm³/mol. The average molecular weight is 323 g/mol. The standard InChI is InChI=1S/C19H17NO2S/c1-22-14-10-8-13(9-11-14)19-18(21)16-6-4-12-20(16)15-5-2-3-7-17(15)23-19/h2-12,18-19,21H,1H3/t18-,19-/m1/s1. The van der Waals surface area contributed by atoms with E-state index in [1.807, 2.05) is 54.7 Å². The molecule has 0 bridgehead atoms. The number of hydrogen-bond donors (Lipinski definition) is 1. The summed E-state index contributed by atoms with van der Waals surface area (Å²) in [5.74, 6) is 0.825. The summed E-state index contributed by atoms with van der Waals surface area (Å²) in [4.78, 5) is 1.17. The summed E-state index contributed by atoms with van der Waals surface area (Å²) in [6.07, 6.45) is 1.43. The molecule has 0 saturated heterocycles. The van der Waals surface area contributed by atoms with Crippen LogP contribution in [0, 0.1) is 0 Å². The molecule has 1 N–H and O–H groups in total. The molecule has 1 aliphatic rings. The number of aromatic nitrogens is 1. The molecule has 0 saturated carbocycles. The van der Waals surface area contributed by atoms with Crippen molar-refractivity contribution in [1.82, 2.24) is 4.57 Å². The van der Waals surface area contributed by atoms with Crippen LogP contribution < -0.4 is 4.74 Å². The van der Waals surface area contributed by atoms with Gasteiger partial charge in [-0.3, -0.25) is 0 Å². The quantitative estimate of drug-likeness (QED) is 0.760. The minimum absolute atomic E-state index is 0.0572. The second kappa shape index (κ2) is 5.80. The molecular weight excluding hydrogens is 306 g/mol. The van der Waals surface area contributed by atoms with Crippen LogP contribution in [0.25, 0.3) is 5.69 Å². The summed E-state index contributed by atoms with van der Waals surface area (Å²) in [7, 11) is 1.66. The van der Waals surface area contributed by atoms with E-state index in [1.165, 1.54) is 4.90 Å². The van der Waals surface area contributed by atoms with Gasteiger partial charge in [0.25, 0.3) is 0 Å². The number of benzene rings is 2. The van der Waals surface area contributed by atoms with Gasteiger partial charge < -0.3 is 14.4 Å². The van der Waals surface area contributed by atoms with Crippen molar-refractivity contribution < 1.29 is 9.84 Å².